The van der Waals surface area contributed by atoms with Crippen LogP contribution in [0, 0.1) is 30.1 Å². The first kappa shape index (κ1) is 26.6. The number of pyridine rings is 1. The monoisotopic (exact) mass is 503 g/mol. The second-order valence-electron chi connectivity index (χ2n) is 12.7. The third-order valence-electron chi connectivity index (χ3n) is 10.3. The summed E-state index contributed by atoms with van der Waals surface area (Å²) in [6.45, 7) is 10.9. The van der Waals surface area contributed by atoms with Crippen molar-refractivity contribution in [2.24, 2.45) is 23.2 Å². The normalized spacial score (nSPS) is 37.2. The molecule has 0 amide bonds. The zero-order chi connectivity index (χ0) is 26.4. The van der Waals surface area contributed by atoms with Crippen molar-refractivity contribution in [2.75, 3.05) is 0 Å². The van der Waals surface area contributed by atoms with E-state index >= 15 is 0 Å². The highest BCUT2D eigenvalue weighted by Crippen LogP contribution is 2.59. The molecule has 37 heavy (non-hydrogen) atoms. The fourth-order valence-corrected chi connectivity index (χ4v) is 7.81. The van der Waals surface area contributed by atoms with Gasteiger partial charge in [-0.3, -0.25) is 4.98 Å². The number of aryl methyl sites for hydroxylation is 1. The molecule has 0 unspecified atom stereocenters. The van der Waals surface area contributed by atoms with Crippen LogP contribution in [0.15, 0.2) is 65.9 Å². The number of rotatable bonds is 6. The van der Waals surface area contributed by atoms with Crippen LogP contribution in [-0.4, -0.2) is 38.6 Å². The molecule has 4 nitrogen and oxygen atoms in total. The molecule has 0 aliphatic heterocycles. The molecule has 0 aromatic carbocycles. The summed E-state index contributed by atoms with van der Waals surface area (Å²) in [5.74, 6) is 1.58. The lowest BCUT2D eigenvalue weighted by Gasteiger charge is -2.44. The highest BCUT2D eigenvalue weighted by Gasteiger charge is 2.52. The van der Waals surface area contributed by atoms with E-state index in [2.05, 4.69) is 61.8 Å². The molecule has 4 aliphatic rings. The molecule has 3 N–H and O–H groups in total. The van der Waals surface area contributed by atoms with Gasteiger partial charge in [-0.1, -0.05) is 56.4 Å². The Hall–Kier alpha value is -2.01. The van der Waals surface area contributed by atoms with Crippen LogP contribution in [0.5, 0.6) is 0 Å². The molecule has 200 valence electrons. The topological polar surface area (TPSA) is 73.6 Å². The Labute approximate surface area is 222 Å². The molecule has 1 heterocycles. The van der Waals surface area contributed by atoms with Crippen LogP contribution >= 0.6 is 0 Å². The average molecular weight is 504 g/mol. The van der Waals surface area contributed by atoms with E-state index in [-0.39, 0.29) is 10.8 Å². The molecule has 0 radical (unpaired) electrons. The van der Waals surface area contributed by atoms with E-state index < -0.39 is 18.3 Å². The smallest absolute Gasteiger partial charge is 0.0832 e. The molecule has 4 saturated carbocycles. The Morgan fingerprint density at radius 1 is 1.11 bits per heavy atom. The van der Waals surface area contributed by atoms with E-state index in [1.165, 1.54) is 31.3 Å². The zero-order valence-corrected chi connectivity index (χ0v) is 22.9. The minimum Gasteiger partial charge on any atom is -0.393 e. The van der Waals surface area contributed by atoms with Gasteiger partial charge >= 0.3 is 0 Å². The van der Waals surface area contributed by atoms with Gasteiger partial charge in [-0.15, -0.1) is 0 Å². The number of aromatic nitrogens is 1. The van der Waals surface area contributed by atoms with Gasteiger partial charge < -0.3 is 15.3 Å². The van der Waals surface area contributed by atoms with Crippen molar-refractivity contribution in [2.45, 2.75) is 102 Å². The molecule has 4 heteroatoms. The first-order valence-corrected chi connectivity index (χ1v) is 14.4. The van der Waals surface area contributed by atoms with Crippen molar-refractivity contribution in [3.05, 3.63) is 77.2 Å². The molecule has 0 bridgehead atoms. The van der Waals surface area contributed by atoms with E-state index in [1.807, 2.05) is 13.1 Å². The van der Waals surface area contributed by atoms with Gasteiger partial charge in [0.2, 0.25) is 0 Å². The van der Waals surface area contributed by atoms with E-state index in [0.29, 0.717) is 30.6 Å². The van der Waals surface area contributed by atoms with Crippen molar-refractivity contribution >= 4 is 0 Å². The fourth-order valence-electron chi connectivity index (χ4n) is 7.81. The molecular formula is C33H45NO3. The standard InChI is InChI=1S/C33H45NO3/c1-21-7-13-30(34-20-21)33(16-17-33)31(37)14-8-22(2)27-11-12-28-24(6-5-15-32(27,28)4)9-10-25-18-26(35)19-29(36)23(25)3/h7-10,13-14,20,22,26-29,31,35-37H,3,5-6,11-12,15-19H2,1-2,4H3/b14-8+,24-9+,25-10-/t22-,26-,27-,28+,29+,31-,32-/m1/s1. The van der Waals surface area contributed by atoms with Crippen LogP contribution in [0.4, 0.5) is 0 Å². The van der Waals surface area contributed by atoms with Crippen LogP contribution in [0.25, 0.3) is 0 Å². The summed E-state index contributed by atoms with van der Waals surface area (Å²) in [7, 11) is 0. The summed E-state index contributed by atoms with van der Waals surface area (Å²) in [6, 6.07) is 4.18. The van der Waals surface area contributed by atoms with Gasteiger partial charge in [-0.25, -0.2) is 0 Å². The number of aliphatic hydroxyl groups excluding tert-OH is 3. The predicted molar refractivity (Wildman–Crippen MR) is 149 cm³/mol. The number of fused-ring (bicyclic) bond motifs is 1. The van der Waals surface area contributed by atoms with Gasteiger partial charge in [-0.05, 0) is 104 Å². The Morgan fingerprint density at radius 2 is 1.89 bits per heavy atom. The number of allylic oxidation sites excluding steroid dienone is 4. The quantitative estimate of drug-likeness (QED) is 0.409. The van der Waals surface area contributed by atoms with E-state index in [4.69, 9.17) is 0 Å². The molecule has 4 aliphatic carbocycles. The molecule has 5 rings (SSSR count). The maximum absolute atomic E-state index is 11.2. The Morgan fingerprint density at radius 3 is 2.59 bits per heavy atom. The molecule has 4 fully saturated rings. The summed E-state index contributed by atoms with van der Waals surface area (Å²) in [4.78, 5) is 4.64. The van der Waals surface area contributed by atoms with Crippen LogP contribution in [-0.2, 0) is 5.41 Å². The second-order valence-corrected chi connectivity index (χ2v) is 12.7. The Balaban J connectivity index is 1.28. The maximum Gasteiger partial charge on any atom is 0.0832 e. The lowest BCUT2D eigenvalue weighted by atomic mass is 9.61. The molecular weight excluding hydrogens is 458 g/mol. The lowest BCUT2D eigenvalue weighted by molar-refractivity contribution is 0.0862. The number of nitrogens with zero attached hydrogens (tertiary/aromatic N) is 1. The predicted octanol–water partition coefficient (Wildman–Crippen LogP) is 6.12. The van der Waals surface area contributed by atoms with Gasteiger partial charge in [0.05, 0.1) is 18.3 Å². The second kappa shape index (κ2) is 10.3. The maximum atomic E-state index is 11.2. The van der Waals surface area contributed by atoms with E-state index in [9.17, 15) is 15.3 Å². The van der Waals surface area contributed by atoms with Crippen molar-refractivity contribution < 1.29 is 15.3 Å². The summed E-state index contributed by atoms with van der Waals surface area (Å²) in [5.41, 5.74) is 5.50. The van der Waals surface area contributed by atoms with Crippen LogP contribution in [0.3, 0.4) is 0 Å². The molecule has 1 aromatic heterocycles. The molecule has 0 spiro atoms. The summed E-state index contributed by atoms with van der Waals surface area (Å²) >= 11 is 0. The van der Waals surface area contributed by atoms with E-state index in [1.54, 1.807) is 0 Å². The highest BCUT2D eigenvalue weighted by atomic mass is 16.3. The van der Waals surface area contributed by atoms with Crippen LogP contribution in [0.2, 0.25) is 0 Å². The number of hydrogen-bond acceptors (Lipinski definition) is 4. The highest BCUT2D eigenvalue weighted by molar-refractivity contribution is 5.39. The number of hydrogen-bond donors (Lipinski definition) is 3. The molecule has 0 saturated heterocycles. The van der Waals surface area contributed by atoms with Gasteiger partial charge in [0, 0.05) is 23.7 Å². The summed E-state index contributed by atoms with van der Waals surface area (Å²) < 4.78 is 0. The lowest BCUT2D eigenvalue weighted by Crippen LogP contribution is -2.35. The Bertz CT molecular complexity index is 1100. The van der Waals surface area contributed by atoms with Gasteiger partial charge in [0.1, 0.15) is 0 Å². The minimum atomic E-state index is -0.638. The largest absolute Gasteiger partial charge is 0.393 e. The van der Waals surface area contributed by atoms with Crippen molar-refractivity contribution in [1.29, 1.82) is 0 Å². The van der Waals surface area contributed by atoms with Crippen molar-refractivity contribution in [1.82, 2.24) is 4.98 Å². The fraction of sp³-hybridized carbons (Fsp3) is 0.606. The Kier molecular flexibility index (Phi) is 7.39. The summed E-state index contributed by atoms with van der Waals surface area (Å²) in [6.07, 6.45) is 18.0. The van der Waals surface area contributed by atoms with Crippen LogP contribution < -0.4 is 0 Å². The average Bonchev–Trinajstić information content (AvgIpc) is 3.60. The first-order chi connectivity index (χ1) is 17.6. The third-order valence-corrected chi connectivity index (χ3v) is 10.3. The molecule has 1 aromatic rings. The number of aliphatic hydroxyl groups is 3. The van der Waals surface area contributed by atoms with Crippen LogP contribution in [0.1, 0.15) is 82.9 Å². The van der Waals surface area contributed by atoms with E-state index in [0.717, 1.165) is 41.7 Å². The molecule has 7 atom stereocenters. The van der Waals surface area contributed by atoms with Crippen molar-refractivity contribution in [3.63, 3.8) is 0 Å². The summed E-state index contributed by atoms with van der Waals surface area (Å²) in [5, 5.41) is 31.5. The zero-order valence-electron chi connectivity index (χ0n) is 22.9. The van der Waals surface area contributed by atoms with Gasteiger partial charge in [0.25, 0.3) is 0 Å². The first-order valence-electron chi connectivity index (χ1n) is 14.4. The van der Waals surface area contributed by atoms with Gasteiger partial charge in [-0.2, -0.15) is 0 Å². The minimum absolute atomic E-state index is 0.204. The SMILES string of the molecule is C=C1/C(=C\C=C2/CCC[C@]3(C)[C@@H]([C@H](C)/C=C/[C@@H](O)C4(c5ccc(C)cn5)CC4)CC[C@@H]23)C[C@@H](O)C[C@@H]1O. The van der Waals surface area contributed by atoms with Gasteiger partial charge in [0.15, 0.2) is 0 Å². The van der Waals surface area contributed by atoms with Crippen molar-refractivity contribution in [3.8, 4) is 0 Å². The third kappa shape index (κ3) is 5.05.